The van der Waals surface area contributed by atoms with E-state index in [4.69, 9.17) is 0 Å². The molecule has 0 radical (unpaired) electrons. The molecule has 1 aliphatic rings. The molecule has 0 aliphatic carbocycles. The molecule has 3 aromatic rings. The number of thiophene rings is 1. The fraction of sp³-hybridized carbons (Fsp3) is 0.304. The summed E-state index contributed by atoms with van der Waals surface area (Å²) in [7, 11) is 0. The van der Waals surface area contributed by atoms with Gasteiger partial charge in [0.2, 0.25) is 11.8 Å². The van der Waals surface area contributed by atoms with Crippen LogP contribution in [0.2, 0.25) is 0 Å². The molecule has 8 nitrogen and oxygen atoms in total. The number of amides is 3. The zero-order valence-corrected chi connectivity index (χ0v) is 18.4. The number of aryl methyl sites for hydroxylation is 1. The Morgan fingerprint density at radius 1 is 1.16 bits per heavy atom. The number of nitrogens with zero attached hydrogens (tertiary/aromatic N) is 3. The summed E-state index contributed by atoms with van der Waals surface area (Å²) in [4.78, 5) is 44.3. The fourth-order valence-electron chi connectivity index (χ4n) is 3.62. The lowest BCUT2D eigenvalue weighted by atomic mass is 10.1. The third-order valence-corrected chi connectivity index (χ3v) is 6.37. The SMILES string of the molecule is O=C(CCn1ccnc1)Nc1cccc(C(=O)NCCC(=O)N2CCc3sccc3C2)c1. The molecule has 0 saturated carbocycles. The number of carbonyl (C=O) groups excluding carboxylic acids is 3. The number of hydrogen-bond donors (Lipinski definition) is 2. The highest BCUT2D eigenvalue weighted by Crippen LogP contribution is 2.24. The lowest BCUT2D eigenvalue weighted by Crippen LogP contribution is -2.37. The van der Waals surface area contributed by atoms with Crippen molar-refractivity contribution in [2.45, 2.75) is 32.4 Å². The van der Waals surface area contributed by atoms with Gasteiger partial charge in [0.1, 0.15) is 0 Å². The minimum absolute atomic E-state index is 0.0426. The molecule has 0 atom stereocenters. The van der Waals surface area contributed by atoms with Gasteiger partial charge in [-0.2, -0.15) is 0 Å². The van der Waals surface area contributed by atoms with E-state index in [0.717, 1.165) is 13.0 Å². The van der Waals surface area contributed by atoms with Crippen LogP contribution >= 0.6 is 11.3 Å². The minimum Gasteiger partial charge on any atom is -0.352 e. The van der Waals surface area contributed by atoms with E-state index in [2.05, 4.69) is 27.1 Å². The highest BCUT2D eigenvalue weighted by atomic mass is 32.1. The van der Waals surface area contributed by atoms with E-state index in [1.54, 1.807) is 54.3 Å². The molecule has 0 unspecified atom stereocenters. The highest BCUT2D eigenvalue weighted by molar-refractivity contribution is 7.10. The molecule has 2 N–H and O–H groups in total. The van der Waals surface area contributed by atoms with Crippen LogP contribution in [-0.2, 0) is 29.1 Å². The predicted molar refractivity (Wildman–Crippen MR) is 122 cm³/mol. The van der Waals surface area contributed by atoms with Gasteiger partial charge in [-0.05, 0) is 41.6 Å². The van der Waals surface area contributed by atoms with E-state index >= 15 is 0 Å². The van der Waals surface area contributed by atoms with Gasteiger partial charge in [-0.1, -0.05) is 6.07 Å². The number of rotatable bonds is 8. The van der Waals surface area contributed by atoms with Crippen molar-refractivity contribution in [1.29, 1.82) is 0 Å². The van der Waals surface area contributed by atoms with Crippen molar-refractivity contribution in [2.24, 2.45) is 0 Å². The van der Waals surface area contributed by atoms with Crippen molar-refractivity contribution >= 4 is 34.7 Å². The van der Waals surface area contributed by atoms with Gasteiger partial charge in [0.05, 0.1) is 6.33 Å². The molecular weight excluding hydrogens is 426 g/mol. The second-order valence-corrected chi connectivity index (χ2v) is 8.62. The zero-order valence-electron chi connectivity index (χ0n) is 17.6. The molecule has 166 valence electrons. The summed E-state index contributed by atoms with van der Waals surface area (Å²) in [6.45, 7) is 2.17. The van der Waals surface area contributed by atoms with Crippen LogP contribution in [0, 0.1) is 0 Å². The van der Waals surface area contributed by atoms with Crippen LogP contribution in [0.25, 0.3) is 0 Å². The average molecular weight is 452 g/mol. The van der Waals surface area contributed by atoms with Crippen LogP contribution in [-0.4, -0.2) is 45.3 Å². The maximum Gasteiger partial charge on any atom is 0.251 e. The van der Waals surface area contributed by atoms with Gasteiger partial charge in [0.15, 0.2) is 0 Å². The first-order valence-electron chi connectivity index (χ1n) is 10.6. The van der Waals surface area contributed by atoms with Gasteiger partial charge < -0.3 is 20.1 Å². The van der Waals surface area contributed by atoms with Gasteiger partial charge in [-0.3, -0.25) is 14.4 Å². The zero-order chi connectivity index (χ0) is 22.3. The Bertz CT molecular complexity index is 1090. The summed E-state index contributed by atoms with van der Waals surface area (Å²) >= 11 is 1.74. The van der Waals surface area contributed by atoms with Gasteiger partial charge >= 0.3 is 0 Å². The van der Waals surface area contributed by atoms with E-state index in [9.17, 15) is 14.4 Å². The first-order valence-corrected chi connectivity index (χ1v) is 11.4. The number of fused-ring (bicyclic) bond motifs is 1. The summed E-state index contributed by atoms with van der Waals surface area (Å²) in [5.74, 6) is -0.371. The van der Waals surface area contributed by atoms with E-state index in [-0.39, 0.29) is 30.7 Å². The summed E-state index contributed by atoms with van der Waals surface area (Å²) in [5.41, 5.74) is 2.22. The normalized spacial score (nSPS) is 12.8. The predicted octanol–water partition coefficient (Wildman–Crippen LogP) is 2.68. The van der Waals surface area contributed by atoms with E-state index in [0.29, 0.717) is 30.8 Å². The van der Waals surface area contributed by atoms with Gasteiger partial charge in [-0.25, -0.2) is 4.98 Å². The van der Waals surface area contributed by atoms with Crippen LogP contribution in [0.1, 0.15) is 33.6 Å². The third kappa shape index (κ3) is 5.61. The lowest BCUT2D eigenvalue weighted by molar-refractivity contribution is -0.132. The van der Waals surface area contributed by atoms with Gasteiger partial charge in [-0.15, -0.1) is 11.3 Å². The maximum atomic E-state index is 12.5. The molecule has 0 fully saturated rings. The van der Waals surface area contributed by atoms with Crippen molar-refractivity contribution < 1.29 is 14.4 Å². The molecule has 4 rings (SSSR count). The molecule has 0 saturated heterocycles. The highest BCUT2D eigenvalue weighted by Gasteiger charge is 2.21. The molecule has 9 heteroatoms. The van der Waals surface area contributed by atoms with E-state index in [1.165, 1.54) is 10.4 Å². The van der Waals surface area contributed by atoms with E-state index < -0.39 is 0 Å². The summed E-state index contributed by atoms with van der Waals surface area (Å²) in [6.07, 6.45) is 6.58. The van der Waals surface area contributed by atoms with Crippen molar-refractivity contribution in [3.8, 4) is 0 Å². The van der Waals surface area contributed by atoms with Crippen molar-refractivity contribution in [2.75, 3.05) is 18.4 Å². The van der Waals surface area contributed by atoms with Crippen LogP contribution in [0.5, 0.6) is 0 Å². The largest absolute Gasteiger partial charge is 0.352 e. The monoisotopic (exact) mass is 451 g/mol. The van der Waals surface area contributed by atoms with Crippen LogP contribution < -0.4 is 10.6 Å². The smallest absolute Gasteiger partial charge is 0.251 e. The van der Waals surface area contributed by atoms with Crippen LogP contribution in [0.3, 0.4) is 0 Å². The lowest BCUT2D eigenvalue weighted by Gasteiger charge is -2.27. The Hall–Kier alpha value is -3.46. The Labute approximate surface area is 190 Å². The standard InChI is InChI=1S/C23H25N5O3S/c29-21(6-10-27-12-9-24-16-27)26-19-3-1-2-17(14-19)23(31)25-8-4-22(30)28-11-5-20-18(15-28)7-13-32-20/h1-3,7,9,12-14,16H,4-6,8,10-11,15H2,(H,25,31)(H,26,29). The Morgan fingerprint density at radius 3 is 2.91 bits per heavy atom. The number of carbonyl (C=O) groups is 3. The number of nitrogens with one attached hydrogen (secondary N) is 2. The number of hydrogen-bond acceptors (Lipinski definition) is 5. The third-order valence-electron chi connectivity index (χ3n) is 5.35. The van der Waals surface area contributed by atoms with Gasteiger partial charge in [0.25, 0.3) is 5.91 Å². The molecular formula is C23H25N5O3S. The number of aromatic nitrogens is 2. The first kappa shape index (κ1) is 21.8. The van der Waals surface area contributed by atoms with Crippen molar-refractivity contribution in [1.82, 2.24) is 19.8 Å². The number of anilines is 1. The molecule has 0 spiro atoms. The second-order valence-electron chi connectivity index (χ2n) is 7.62. The molecule has 2 aromatic heterocycles. The molecule has 1 aromatic carbocycles. The summed E-state index contributed by atoms with van der Waals surface area (Å²) < 4.78 is 1.83. The molecule has 3 heterocycles. The van der Waals surface area contributed by atoms with Crippen LogP contribution in [0.15, 0.2) is 54.4 Å². The fourth-order valence-corrected chi connectivity index (χ4v) is 4.51. The quantitative estimate of drug-likeness (QED) is 0.550. The van der Waals surface area contributed by atoms with Crippen molar-refractivity contribution in [3.05, 3.63) is 70.4 Å². The van der Waals surface area contributed by atoms with E-state index in [1.807, 2.05) is 9.47 Å². The minimum atomic E-state index is -0.272. The molecule has 32 heavy (non-hydrogen) atoms. The molecule has 0 bridgehead atoms. The topological polar surface area (TPSA) is 96.3 Å². The average Bonchev–Trinajstić information content (AvgIpc) is 3.49. The molecule has 1 aliphatic heterocycles. The van der Waals surface area contributed by atoms with Crippen LogP contribution in [0.4, 0.5) is 5.69 Å². The maximum absolute atomic E-state index is 12.5. The second kappa shape index (κ2) is 10.2. The summed E-state index contributed by atoms with van der Waals surface area (Å²) in [5, 5.41) is 7.67. The first-order chi connectivity index (χ1) is 15.6. The van der Waals surface area contributed by atoms with Crippen molar-refractivity contribution in [3.63, 3.8) is 0 Å². The summed E-state index contributed by atoms with van der Waals surface area (Å²) in [6, 6.07) is 8.85. The molecule has 3 amide bonds. The van der Waals surface area contributed by atoms with Gasteiger partial charge in [0, 0.05) is 67.5 Å². The number of benzene rings is 1. The Kier molecular flexibility index (Phi) is 6.96. The Balaban J connectivity index is 1.22. The number of imidazole rings is 1. The Morgan fingerprint density at radius 2 is 2.06 bits per heavy atom.